The van der Waals surface area contributed by atoms with E-state index in [1.807, 2.05) is 48.5 Å². The molecular weight excluding hydrogens is 308 g/mol. The van der Waals surface area contributed by atoms with E-state index in [1.54, 1.807) is 14.2 Å². The molecule has 0 atom stereocenters. The summed E-state index contributed by atoms with van der Waals surface area (Å²) in [4.78, 5) is 11.8. The topological polar surface area (TPSA) is 68.8 Å². The van der Waals surface area contributed by atoms with Gasteiger partial charge >= 0.3 is 6.03 Å². The van der Waals surface area contributed by atoms with Crippen LogP contribution in [0.2, 0.25) is 0 Å². The molecule has 0 saturated heterocycles. The predicted molar refractivity (Wildman–Crippen MR) is 91.7 cm³/mol. The average Bonchev–Trinajstić information content (AvgIpc) is 2.64. The Morgan fingerprint density at radius 3 is 2.50 bits per heavy atom. The quantitative estimate of drug-likeness (QED) is 0.730. The normalized spacial score (nSPS) is 9.92. The lowest BCUT2D eigenvalue weighted by molar-refractivity contribution is 0.235. The maximum absolute atomic E-state index is 11.8. The van der Waals surface area contributed by atoms with Crippen LogP contribution in [0, 0.1) is 0 Å². The van der Waals surface area contributed by atoms with Crippen LogP contribution in [0.1, 0.15) is 5.56 Å². The van der Waals surface area contributed by atoms with Crippen molar-refractivity contribution in [2.75, 3.05) is 27.4 Å². The molecule has 0 fully saturated rings. The van der Waals surface area contributed by atoms with Crippen molar-refractivity contribution >= 4 is 6.03 Å². The molecule has 2 aromatic rings. The Bertz CT molecular complexity index is 661. The molecule has 2 amide bonds. The number of methoxy groups -OCH3 is 2. The lowest BCUT2D eigenvalue weighted by atomic mass is 10.2. The van der Waals surface area contributed by atoms with Crippen molar-refractivity contribution in [2.45, 2.75) is 6.54 Å². The number of hydrogen-bond acceptors (Lipinski definition) is 4. The van der Waals surface area contributed by atoms with Crippen molar-refractivity contribution < 1.29 is 19.0 Å². The zero-order valence-electron chi connectivity index (χ0n) is 13.9. The number of carbonyl (C=O) groups is 1. The van der Waals surface area contributed by atoms with E-state index in [1.165, 1.54) is 0 Å². The van der Waals surface area contributed by atoms with E-state index in [0.717, 1.165) is 11.3 Å². The van der Waals surface area contributed by atoms with E-state index < -0.39 is 0 Å². The predicted octanol–water partition coefficient (Wildman–Crippen LogP) is 2.58. The summed E-state index contributed by atoms with van der Waals surface area (Å²) in [7, 11) is 3.20. The molecule has 0 saturated carbocycles. The molecule has 0 spiro atoms. The molecule has 0 aliphatic heterocycles. The summed E-state index contributed by atoms with van der Waals surface area (Å²) >= 11 is 0. The molecule has 2 N–H and O–H groups in total. The van der Waals surface area contributed by atoms with Crippen LogP contribution >= 0.6 is 0 Å². The molecule has 6 nitrogen and oxygen atoms in total. The van der Waals surface area contributed by atoms with E-state index >= 15 is 0 Å². The van der Waals surface area contributed by atoms with E-state index in [-0.39, 0.29) is 6.03 Å². The Balaban J connectivity index is 1.68. The van der Waals surface area contributed by atoms with Gasteiger partial charge in [0.05, 0.1) is 20.8 Å². The third-order valence-corrected chi connectivity index (χ3v) is 3.30. The number of carbonyl (C=O) groups excluding carboxylic acids is 1. The molecule has 0 heterocycles. The number of benzene rings is 2. The van der Waals surface area contributed by atoms with Crippen LogP contribution in [-0.2, 0) is 6.54 Å². The van der Waals surface area contributed by atoms with Crippen LogP contribution in [0.25, 0.3) is 0 Å². The lowest BCUT2D eigenvalue weighted by Crippen LogP contribution is -2.37. The number of amides is 2. The van der Waals surface area contributed by atoms with Crippen molar-refractivity contribution in [1.82, 2.24) is 10.6 Å². The zero-order chi connectivity index (χ0) is 17.2. The monoisotopic (exact) mass is 330 g/mol. The zero-order valence-corrected chi connectivity index (χ0v) is 13.9. The molecule has 0 aromatic heterocycles. The van der Waals surface area contributed by atoms with Gasteiger partial charge in [0, 0.05) is 6.54 Å². The second-order valence-corrected chi connectivity index (χ2v) is 4.96. The number of nitrogens with one attached hydrogen (secondary N) is 2. The Hall–Kier alpha value is -2.89. The first kappa shape index (κ1) is 17.5. The minimum absolute atomic E-state index is 0.249. The summed E-state index contributed by atoms with van der Waals surface area (Å²) in [5, 5.41) is 5.53. The van der Waals surface area contributed by atoms with Gasteiger partial charge in [-0.2, -0.15) is 0 Å². The number of hydrogen-bond donors (Lipinski definition) is 2. The van der Waals surface area contributed by atoms with Crippen LogP contribution in [0.3, 0.4) is 0 Å². The summed E-state index contributed by atoms with van der Waals surface area (Å²) in [6.07, 6.45) is 0. The smallest absolute Gasteiger partial charge is 0.315 e. The first-order chi connectivity index (χ1) is 11.7. The van der Waals surface area contributed by atoms with Crippen molar-refractivity contribution in [3.63, 3.8) is 0 Å². The first-order valence-electron chi connectivity index (χ1n) is 7.63. The Labute approximate surface area is 141 Å². The average molecular weight is 330 g/mol. The third-order valence-electron chi connectivity index (χ3n) is 3.30. The highest BCUT2D eigenvalue weighted by molar-refractivity contribution is 5.73. The Morgan fingerprint density at radius 1 is 0.958 bits per heavy atom. The molecule has 0 bridgehead atoms. The maximum Gasteiger partial charge on any atom is 0.315 e. The maximum atomic E-state index is 11.8. The number of urea groups is 1. The van der Waals surface area contributed by atoms with E-state index in [9.17, 15) is 4.79 Å². The number of ether oxygens (including phenoxy) is 3. The fourth-order valence-electron chi connectivity index (χ4n) is 2.09. The SMILES string of the molecule is COc1cccc(CNC(=O)NCCOc2ccccc2OC)c1. The van der Waals surface area contributed by atoms with Crippen molar-refractivity contribution in [3.8, 4) is 17.2 Å². The second kappa shape index (κ2) is 9.29. The third kappa shape index (κ3) is 5.39. The van der Waals surface area contributed by atoms with Crippen molar-refractivity contribution in [1.29, 1.82) is 0 Å². The lowest BCUT2D eigenvalue weighted by Gasteiger charge is -2.11. The molecule has 6 heteroatoms. The highest BCUT2D eigenvalue weighted by Gasteiger charge is 2.04. The standard InChI is InChI=1S/C18H22N2O4/c1-22-15-7-5-6-14(12-15)13-20-18(21)19-10-11-24-17-9-4-3-8-16(17)23-2/h3-9,12H,10-11,13H2,1-2H3,(H2,19,20,21). The van der Waals surface area contributed by atoms with Crippen LogP contribution in [0.5, 0.6) is 17.2 Å². The summed E-state index contributed by atoms with van der Waals surface area (Å²) in [6.45, 7) is 1.17. The molecule has 0 radical (unpaired) electrons. The van der Waals surface area contributed by atoms with Gasteiger partial charge in [-0.25, -0.2) is 4.79 Å². The largest absolute Gasteiger partial charge is 0.497 e. The fraction of sp³-hybridized carbons (Fsp3) is 0.278. The highest BCUT2D eigenvalue weighted by atomic mass is 16.5. The van der Waals surface area contributed by atoms with E-state index in [2.05, 4.69) is 10.6 Å². The summed E-state index contributed by atoms with van der Waals surface area (Å²) in [5.41, 5.74) is 0.967. The van der Waals surface area contributed by atoms with Gasteiger partial charge in [0.25, 0.3) is 0 Å². The van der Waals surface area contributed by atoms with Gasteiger partial charge in [0.2, 0.25) is 0 Å². The van der Waals surface area contributed by atoms with Crippen LogP contribution in [0.15, 0.2) is 48.5 Å². The van der Waals surface area contributed by atoms with Crippen LogP contribution in [0.4, 0.5) is 4.79 Å². The molecule has 2 rings (SSSR count). The molecule has 0 unspecified atom stereocenters. The molecule has 24 heavy (non-hydrogen) atoms. The molecular formula is C18H22N2O4. The van der Waals surface area contributed by atoms with Gasteiger partial charge in [-0.1, -0.05) is 24.3 Å². The van der Waals surface area contributed by atoms with Crippen LogP contribution < -0.4 is 24.8 Å². The van der Waals surface area contributed by atoms with Gasteiger partial charge in [-0.15, -0.1) is 0 Å². The minimum Gasteiger partial charge on any atom is -0.497 e. The van der Waals surface area contributed by atoms with Gasteiger partial charge in [0.15, 0.2) is 11.5 Å². The molecule has 0 aliphatic rings. The Kier molecular flexibility index (Phi) is 6.76. The summed E-state index contributed by atoms with van der Waals surface area (Å²) < 4.78 is 15.9. The van der Waals surface area contributed by atoms with Crippen LogP contribution in [-0.4, -0.2) is 33.4 Å². The highest BCUT2D eigenvalue weighted by Crippen LogP contribution is 2.25. The Morgan fingerprint density at radius 2 is 1.75 bits per heavy atom. The fourth-order valence-corrected chi connectivity index (χ4v) is 2.09. The molecule has 0 aliphatic carbocycles. The van der Waals surface area contributed by atoms with Gasteiger partial charge < -0.3 is 24.8 Å². The van der Waals surface area contributed by atoms with E-state index in [4.69, 9.17) is 14.2 Å². The minimum atomic E-state index is -0.249. The van der Waals surface area contributed by atoms with Crippen molar-refractivity contribution in [2.24, 2.45) is 0 Å². The molecule has 128 valence electrons. The first-order valence-corrected chi connectivity index (χ1v) is 7.63. The summed E-state index contributed by atoms with van der Waals surface area (Å²) in [6, 6.07) is 14.7. The summed E-state index contributed by atoms with van der Waals surface area (Å²) in [5.74, 6) is 2.08. The van der Waals surface area contributed by atoms with Gasteiger partial charge in [-0.3, -0.25) is 0 Å². The second-order valence-electron chi connectivity index (χ2n) is 4.96. The number of para-hydroxylation sites is 2. The number of rotatable bonds is 8. The van der Waals surface area contributed by atoms with E-state index in [0.29, 0.717) is 31.2 Å². The van der Waals surface area contributed by atoms with Gasteiger partial charge in [0.1, 0.15) is 12.4 Å². The molecule has 2 aromatic carbocycles. The van der Waals surface area contributed by atoms with Crippen molar-refractivity contribution in [3.05, 3.63) is 54.1 Å². The van der Waals surface area contributed by atoms with Gasteiger partial charge in [-0.05, 0) is 29.8 Å².